The zero-order valence-electron chi connectivity index (χ0n) is 16.0. The van der Waals surface area contributed by atoms with E-state index >= 15 is 0 Å². The number of benzene rings is 2. The van der Waals surface area contributed by atoms with Crippen LogP contribution in [0.5, 0.6) is 0 Å². The first-order chi connectivity index (χ1) is 12.8. The molecule has 2 rings (SSSR count). The summed E-state index contributed by atoms with van der Waals surface area (Å²) in [6.07, 6.45) is 1.87. The van der Waals surface area contributed by atoms with Gasteiger partial charge in [-0.1, -0.05) is 36.4 Å². The lowest BCUT2D eigenvalue weighted by Gasteiger charge is -2.28. The highest BCUT2D eigenvalue weighted by Gasteiger charge is 2.28. The number of amides is 1. The van der Waals surface area contributed by atoms with E-state index < -0.39 is 16.1 Å². The average Bonchev–Trinajstić information content (AvgIpc) is 2.65. The molecule has 1 atom stereocenters. The second-order valence-electron chi connectivity index (χ2n) is 6.47. The van der Waals surface area contributed by atoms with Crippen molar-refractivity contribution >= 4 is 27.3 Å². The van der Waals surface area contributed by atoms with E-state index in [1.165, 1.54) is 0 Å². The molecule has 2 aromatic carbocycles. The number of para-hydroxylation sites is 2. The van der Waals surface area contributed by atoms with Crippen LogP contribution in [0.15, 0.2) is 60.7 Å². The maximum Gasteiger partial charge on any atom is 0.243 e. The highest BCUT2D eigenvalue weighted by molar-refractivity contribution is 7.92. The summed E-state index contributed by atoms with van der Waals surface area (Å²) in [4.78, 5) is 14.6. The van der Waals surface area contributed by atoms with Crippen molar-refractivity contribution in [3.8, 4) is 0 Å². The molecule has 1 N–H and O–H groups in total. The molecule has 0 saturated carbocycles. The normalized spacial score (nSPS) is 12.3. The topological polar surface area (TPSA) is 69.7 Å². The quantitative estimate of drug-likeness (QED) is 0.669. The predicted octanol–water partition coefficient (Wildman–Crippen LogP) is 2.48. The van der Waals surface area contributed by atoms with Crippen LogP contribution in [0.25, 0.3) is 0 Å². The van der Waals surface area contributed by atoms with Crippen LogP contribution in [0.3, 0.4) is 0 Å². The Bertz CT molecular complexity index is 826. The molecule has 7 heteroatoms. The van der Waals surface area contributed by atoms with Gasteiger partial charge in [-0.2, -0.15) is 0 Å². The number of nitrogens with one attached hydrogen (secondary N) is 1. The minimum Gasteiger partial charge on any atom is -0.375 e. The minimum absolute atomic E-state index is 0.313. The van der Waals surface area contributed by atoms with Crippen molar-refractivity contribution in [2.75, 3.05) is 35.6 Å². The van der Waals surface area contributed by atoms with E-state index in [1.54, 1.807) is 37.3 Å². The van der Waals surface area contributed by atoms with Crippen molar-refractivity contribution in [3.63, 3.8) is 0 Å². The molecule has 6 nitrogen and oxygen atoms in total. The smallest absolute Gasteiger partial charge is 0.243 e. The maximum atomic E-state index is 12.5. The van der Waals surface area contributed by atoms with Crippen LogP contribution < -0.4 is 14.5 Å². The highest BCUT2D eigenvalue weighted by Crippen LogP contribution is 2.20. The third-order valence-electron chi connectivity index (χ3n) is 4.27. The molecule has 2 aromatic rings. The number of sulfonamides is 1. The summed E-state index contributed by atoms with van der Waals surface area (Å²) >= 11 is 0. The number of nitrogens with zero attached hydrogens (tertiary/aromatic N) is 2. The van der Waals surface area contributed by atoms with Crippen LogP contribution in [-0.2, 0) is 14.8 Å². The van der Waals surface area contributed by atoms with Crippen molar-refractivity contribution < 1.29 is 13.2 Å². The molecule has 0 fully saturated rings. The van der Waals surface area contributed by atoms with E-state index in [0.717, 1.165) is 29.2 Å². The minimum atomic E-state index is -3.58. The fraction of sp³-hybridized carbons (Fsp3) is 0.350. The third-order valence-corrected chi connectivity index (χ3v) is 5.51. The summed E-state index contributed by atoms with van der Waals surface area (Å²) in [5.41, 5.74) is 1.59. The van der Waals surface area contributed by atoms with Gasteiger partial charge in [0.1, 0.15) is 6.04 Å². The maximum absolute atomic E-state index is 12.5. The van der Waals surface area contributed by atoms with Crippen molar-refractivity contribution in [1.29, 1.82) is 0 Å². The van der Waals surface area contributed by atoms with Gasteiger partial charge in [0.2, 0.25) is 15.9 Å². The number of anilines is 2. The molecule has 146 valence electrons. The lowest BCUT2D eigenvalue weighted by Crippen LogP contribution is -2.48. The zero-order valence-corrected chi connectivity index (χ0v) is 16.8. The average molecular weight is 390 g/mol. The Hall–Kier alpha value is -2.54. The van der Waals surface area contributed by atoms with Gasteiger partial charge in [0, 0.05) is 25.8 Å². The van der Waals surface area contributed by atoms with E-state index in [9.17, 15) is 13.2 Å². The molecule has 0 heterocycles. The number of carbonyl (C=O) groups is 1. The summed E-state index contributed by atoms with van der Waals surface area (Å²) < 4.78 is 25.5. The molecule has 0 spiro atoms. The first kappa shape index (κ1) is 20.8. The van der Waals surface area contributed by atoms with Crippen LogP contribution in [0.1, 0.15) is 13.3 Å². The Morgan fingerprint density at radius 2 is 1.52 bits per heavy atom. The highest BCUT2D eigenvalue weighted by atomic mass is 32.2. The molecular formula is C20H27N3O3S. The van der Waals surface area contributed by atoms with Gasteiger partial charge < -0.3 is 10.2 Å². The van der Waals surface area contributed by atoms with Gasteiger partial charge in [-0.15, -0.1) is 0 Å². The monoisotopic (exact) mass is 389 g/mol. The lowest BCUT2D eigenvalue weighted by molar-refractivity contribution is -0.121. The third kappa shape index (κ3) is 5.99. The molecule has 27 heavy (non-hydrogen) atoms. The van der Waals surface area contributed by atoms with Gasteiger partial charge in [-0.25, -0.2) is 8.42 Å². The zero-order chi connectivity index (χ0) is 19.9. The second kappa shape index (κ2) is 9.41. The molecule has 0 aliphatic rings. The molecule has 0 aromatic heterocycles. The number of hydrogen-bond acceptors (Lipinski definition) is 4. The molecule has 0 aliphatic carbocycles. The number of hydrogen-bond donors (Lipinski definition) is 1. The van der Waals surface area contributed by atoms with Gasteiger partial charge in [-0.3, -0.25) is 9.10 Å². The first-order valence-corrected chi connectivity index (χ1v) is 10.7. The Kier molecular flexibility index (Phi) is 7.24. The van der Waals surface area contributed by atoms with Gasteiger partial charge in [-0.05, 0) is 37.6 Å². The molecule has 1 amide bonds. The van der Waals surface area contributed by atoms with E-state index in [2.05, 4.69) is 10.2 Å². The lowest BCUT2D eigenvalue weighted by atomic mass is 10.2. The van der Waals surface area contributed by atoms with Crippen molar-refractivity contribution in [3.05, 3.63) is 60.7 Å². The fourth-order valence-corrected chi connectivity index (χ4v) is 4.05. The number of carbonyl (C=O) groups excluding carboxylic acids is 1. The van der Waals surface area contributed by atoms with E-state index in [1.807, 2.05) is 37.4 Å². The SMILES string of the molecule is CC(C(=O)NCCCN(C)c1ccccc1)N(c1ccccc1)S(C)(=O)=O. The molecule has 0 aliphatic heterocycles. The summed E-state index contributed by atoms with van der Waals surface area (Å²) in [6, 6.07) is 17.8. The molecular weight excluding hydrogens is 362 g/mol. The van der Waals surface area contributed by atoms with Crippen molar-refractivity contribution in [1.82, 2.24) is 5.32 Å². The van der Waals surface area contributed by atoms with Gasteiger partial charge in [0.25, 0.3) is 0 Å². The molecule has 0 bridgehead atoms. The van der Waals surface area contributed by atoms with Gasteiger partial charge in [0.05, 0.1) is 11.9 Å². The molecule has 0 radical (unpaired) electrons. The van der Waals surface area contributed by atoms with Crippen LogP contribution in [0.2, 0.25) is 0 Å². The Balaban J connectivity index is 1.90. The standard InChI is InChI=1S/C20H27N3O3S/c1-17(23(27(3,25)26)19-13-8-5-9-14-19)20(24)21-15-10-16-22(2)18-11-6-4-7-12-18/h4-9,11-14,17H,10,15-16H2,1-3H3,(H,21,24). The fourth-order valence-electron chi connectivity index (χ4n) is 2.87. The van der Waals surface area contributed by atoms with Crippen LogP contribution >= 0.6 is 0 Å². The molecule has 1 unspecified atom stereocenters. The van der Waals surface area contributed by atoms with Crippen LogP contribution in [-0.4, -0.2) is 46.8 Å². The van der Waals surface area contributed by atoms with E-state index in [-0.39, 0.29) is 5.91 Å². The van der Waals surface area contributed by atoms with E-state index in [0.29, 0.717) is 12.2 Å². The first-order valence-electron chi connectivity index (χ1n) is 8.89. The predicted molar refractivity (Wildman–Crippen MR) is 111 cm³/mol. The largest absolute Gasteiger partial charge is 0.375 e. The Morgan fingerprint density at radius 3 is 2.04 bits per heavy atom. The van der Waals surface area contributed by atoms with Crippen LogP contribution in [0.4, 0.5) is 11.4 Å². The summed E-state index contributed by atoms with van der Waals surface area (Å²) in [5, 5.41) is 2.84. The Labute approximate surface area is 161 Å². The van der Waals surface area contributed by atoms with Crippen LogP contribution in [0, 0.1) is 0 Å². The summed E-state index contributed by atoms with van der Waals surface area (Å²) in [7, 11) is -1.58. The molecule has 0 saturated heterocycles. The summed E-state index contributed by atoms with van der Waals surface area (Å²) in [6.45, 7) is 2.86. The summed E-state index contributed by atoms with van der Waals surface area (Å²) in [5.74, 6) is -0.313. The number of rotatable bonds is 9. The van der Waals surface area contributed by atoms with Crippen molar-refractivity contribution in [2.24, 2.45) is 0 Å². The second-order valence-corrected chi connectivity index (χ2v) is 8.33. The van der Waals surface area contributed by atoms with Crippen molar-refractivity contribution in [2.45, 2.75) is 19.4 Å². The Morgan fingerprint density at radius 1 is 1.00 bits per heavy atom. The van der Waals surface area contributed by atoms with Gasteiger partial charge in [0.15, 0.2) is 0 Å². The van der Waals surface area contributed by atoms with E-state index in [4.69, 9.17) is 0 Å². The van der Waals surface area contributed by atoms with Gasteiger partial charge >= 0.3 is 0 Å².